The average molecular weight is 528 g/mol. The zero-order valence-electron chi connectivity index (χ0n) is 22.7. The highest BCUT2D eigenvalue weighted by molar-refractivity contribution is 6.51. The first-order chi connectivity index (χ1) is 18.8. The van der Waals surface area contributed by atoms with Gasteiger partial charge in [-0.1, -0.05) is 49.7 Å². The van der Waals surface area contributed by atoms with Crippen LogP contribution in [0.5, 0.6) is 5.75 Å². The summed E-state index contributed by atoms with van der Waals surface area (Å²) in [6, 6.07) is 18.2. The lowest BCUT2D eigenvalue weighted by atomic mass is 9.93. The molecule has 1 amide bonds. The van der Waals surface area contributed by atoms with Crippen LogP contribution in [0, 0.1) is 13.8 Å². The second kappa shape index (κ2) is 12.0. The van der Waals surface area contributed by atoms with Gasteiger partial charge < -0.3 is 14.6 Å². The molecular formula is C32H33NO6. The number of aryl methyl sites for hydroxylation is 2. The molecule has 0 aliphatic carbocycles. The summed E-state index contributed by atoms with van der Waals surface area (Å²) >= 11 is 0. The number of aliphatic hydroxyl groups is 1. The molecule has 0 saturated carbocycles. The van der Waals surface area contributed by atoms with E-state index in [0.29, 0.717) is 35.6 Å². The molecule has 0 radical (unpaired) electrons. The highest BCUT2D eigenvalue weighted by atomic mass is 16.5. The van der Waals surface area contributed by atoms with E-state index in [-0.39, 0.29) is 23.5 Å². The van der Waals surface area contributed by atoms with Crippen molar-refractivity contribution < 1.29 is 29.0 Å². The van der Waals surface area contributed by atoms with Gasteiger partial charge in [-0.25, -0.2) is 4.79 Å². The van der Waals surface area contributed by atoms with Crippen molar-refractivity contribution in [3.63, 3.8) is 0 Å². The van der Waals surface area contributed by atoms with Crippen LogP contribution in [-0.4, -0.2) is 36.0 Å². The van der Waals surface area contributed by atoms with Gasteiger partial charge >= 0.3 is 5.97 Å². The van der Waals surface area contributed by atoms with Crippen molar-refractivity contribution in [2.45, 2.75) is 46.6 Å². The van der Waals surface area contributed by atoms with Crippen LogP contribution in [0.15, 0.2) is 72.3 Å². The third-order valence-electron chi connectivity index (χ3n) is 6.51. The summed E-state index contributed by atoms with van der Waals surface area (Å²) in [5.41, 5.74) is 3.40. The van der Waals surface area contributed by atoms with Crippen LogP contribution >= 0.6 is 0 Å². The van der Waals surface area contributed by atoms with Crippen molar-refractivity contribution in [1.82, 2.24) is 0 Å². The van der Waals surface area contributed by atoms with E-state index in [1.807, 2.05) is 52.0 Å². The van der Waals surface area contributed by atoms with E-state index in [1.165, 1.54) is 11.0 Å². The molecule has 39 heavy (non-hydrogen) atoms. The van der Waals surface area contributed by atoms with Crippen molar-refractivity contribution in [1.29, 1.82) is 0 Å². The molecule has 7 heteroatoms. The van der Waals surface area contributed by atoms with Gasteiger partial charge in [-0.3, -0.25) is 14.5 Å². The number of ketones is 1. The monoisotopic (exact) mass is 527 g/mol. The number of rotatable bonds is 9. The first-order valence-corrected chi connectivity index (χ1v) is 13.1. The molecule has 1 unspecified atom stereocenters. The quantitative estimate of drug-likeness (QED) is 0.152. The van der Waals surface area contributed by atoms with Crippen LogP contribution in [0.4, 0.5) is 5.69 Å². The number of benzene rings is 3. The Balaban J connectivity index is 1.85. The molecule has 1 N–H and O–H groups in total. The first kappa shape index (κ1) is 27.6. The van der Waals surface area contributed by atoms with Crippen LogP contribution in [0.25, 0.3) is 5.76 Å². The number of anilines is 1. The van der Waals surface area contributed by atoms with Gasteiger partial charge in [0.2, 0.25) is 0 Å². The number of nitrogens with zero attached hydrogens (tertiary/aromatic N) is 1. The van der Waals surface area contributed by atoms with Gasteiger partial charge in [0, 0.05) is 11.3 Å². The van der Waals surface area contributed by atoms with E-state index in [4.69, 9.17) is 9.47 Å². The number of hydrogen-bond donors (Lipinski definition) is 1. The van der Waals surface area contributed by atoms with Gasteiger partial charge in [-0.05, 0) is 74.2 Å². The van der Waals surface area contributed by atoms with Gasteiger partial charge in [0.1, 0.15) is 11.5 Å². The topological polar surface area (TPSA) is 93.1 Å². The first-order valence-electron chi connectivity index (χ1n) is 13.1. The fourth-order valence-electron chi connectivity index (χ4n) is 4.64. The lowest BCUT2D eigenvalue weighted by Gasteiger charge is -2.26. The standard InChI is InChI=1S/C32H33NO6/c1-5-15-38-26-14-13-23(18-21(26)4)29(34)27-28(22-10-7-9-20(3)17-22)33(31(36)30(27)35)25-12-8-11-24(19-25)32(37)39-16-6-2/h7-14,17-19,28,34H,5-6,15-16H2,1-4H3/b29-27+. The molecule has 1 heterocycles. The Labute approximate surface area is 228 Å². The van der Waals surface area contributed by atoms with Gasteiger partial charge in [0.25, 0.3) is 11.7 Å². The molecule has 1 atom stereocenters. The Kier molecular flexibility index (Phi) is 8.49. The van der Waals surface area contributed by atoms with Crippen LogP contribution in [0.3, 0.4) is 0 Å². The Bertz CT molecular complexity index is 1440. The Morgan fingerprint density at radius 1 is 0.897 bits per heavy atom. The lowest BCUT2D eigenvalue weighted by molar-refractivity contribution is -0.132. The van der Waals surface area contributed by atoms with Crippen molar-refractivity contribution in [2.75, 3.05) is 18.1 Å². The van der Waals surface area contributed by atoms with Gasteiger partial charge in [-0.15, -0.1) is 0 Å². The number of carbonyl (C=O) groups is 3. The SMILES string of the molecule is CCCOC(=O)c1cccc(N2C(=O)C(=O)/C(=C(/O)c3ccc(OCCC)c(C)c3)C2c2cccc(C)c2)c1. The van der Waals surface area contributed by atoms with Gasteiger partial charge in [-0.2, -0.15) is 0 Å². The number of esters is 1. The highest BCUT2D eigenvalue weighted by Gasteiger charge is 2.47. The summed E-state index contributed by atoms with van der Waals surface area (Å²) in [4.78, 5) is 40.9. The largest absolute Gasteiger partial charge is 0.507 e. The molecule has 0 aromatic heterocycles. The molecule has 3 aromatic rings. The summed E-state index contributed by atoms with van der Waals surface area (Å²) in [5, 5.41) is 11.5. The summed E-state index contributed by atoms with van der Waals surface area (Å²) in [5.74, 6) is -1.69. The number of Topliss-reactive ketones (excluding diaryl/α,β-unsaturated/α-hetero) is 1. The summed E-state index contributed by atoms with van der Waals surface area (Å²) in [7, 11) is 0. The van der Waals surface area contributed by atoms with Crippen LogP contribution in [0.2, 0.25) is 0 Å². The molecule has 1 fully saturated rings. The third kappa shape index (κ3) is 5.72. The van der Waals surface area contributed by atoms with Crippen LogP contribution < -0.4 is 9.64 Å². The van der Waals surface area contributed by atoms with Gasteiger partial charge in [0.15, 0.2) is 0 Å². The molecule has 1 aliphatic heterocycles. The smallest absolute Gasteiger partial charge is 0.338 e. The molecule has 7 nitrogen and oxygen atoms in total. The minimum absolute atomic E-state index is 0.0220. The summed E-state index contributed by atoms with van der Waals surface area (Å²) < 4.78 is 11.0. The number of carbonyl (C=O) groups excluding carboxylic acids is 3. The van der Waals surface area contributed by atoms with E-state index >= 15 is 0 Å². The minimum atomic E-state index is -0.900. The number of hydrogen-bond acceptors (Lipinski definition) is 6. The van der Waals surface area contributed by atoms with Crippen molar-refractivity contribution in [2.24, 2.45) is 0 Å². The fraction of sp³-hybridized carbons (Fsp3) is 0.281. The Morgan fingerprint density at radius 2 is 1.64 bits per heavy atom. The Morgan fingerprint density at radius 3 is 2.33 bits per heavy atom. The molecule has 3 aromatic carbocycles. The maximum absolute atomic E-state index is 13.5. The second-order valence-electron chi connectivity index (χ2n) is 9.60. The average Bonchev–Trinajstić information content (AvgIpc) is 3.20. The molecule has 1 saturated heterocycles. The zero-order valence-corrected chi connectivity index (χ0v) is 22.7. The van der Waals surface area contributed by atoms with Crippen molar-refractivity contribution in [3.05, 3.63) is 100 Å². The van der Waals surface area contributed by atoms with Crippen molar-refractivity contribution in [3.8, 4) is 5.75 Å². The van der Waals surface area contributed by atoms with Crippen LogP contribution in [0.1, 0.15) is 65.3 Å². The normalized spacial score (nSPS) is 16.4. The molecule has 0 spiro atoms. The Hall–Kier alpha value is -4.39. The number of aliphatic hydroxyl groups excluding tert-OH is 1. The minimum Gasteiger partial charge on any atom is -0.507 e. The fourth-order valence-corrected chi connectivity index (χ4v) is 4.64. The lowest BCUT2D eigenvalue weighted by Crippen LogP contribution is -2.29. The van der Waals surface area contributed by atoms with E-state index in [1.54, 1.807) is 36.4 Å². The van der Waals surface area contributed by atoms with E-state index < -0.39 is 23.7 Å². The molecule has 202 valence electrons. The predicted octanol–water partition coefficient (Wildman–Crippen LogP) is 6.29. The summed E-state index contributed by atoms with van der Waals surface area (Å²) in [6.07, 6.45) is 1.54. The van der Waals surface area contributed by atoms with Gasteiger partial charge in [0.05, 0.1) is 30.4 Å². The number of amides is 1. The third-order valence-corrected chi connectivity index (χ3v) is 6.51. The van der Waals surface area contributed by atoms with Crippen molar-refractivity contribution >= 4 is 29.1 Å². The molecular weight excluding hydrogens is 494 g/mol. The highest BCUT2D eigenvalue weighted by Crippen LogP contribution is 2.42. The predicted molar refractivity (Wildman–Crippen MR) is 150 cm³/mol. The maximum Gasteiger partial charge on any atom is 0.338 e. The second-order valence-corrected chi connectivity index (χ2v) is 9.60. The number of ether oxygens (including phenoxy) is 2. The molecule has 0 bridgehead atoms. The van der Waals surface area contributed by atoms with E-state index in [9.17, 15) is 19.5 Å². The maximum atomic E-state index is 13.5. The molecule has 1 aliphatic rings. The van der Waals surface area contributed by atoms with E-state index in [0.717, 1.165) is 17.5 Å². The zero-order chi connectivity index (χ0) is 28.1. The molecule has 4 rings (SSSR count). The van der Waals surface area contributed by atoms with Crippen LogP contribution in [-0.2, 0) is 14.3 Å². The van der Waals surface area contributed by atoms with E-state index in [2.05, 4.69) is 0 Å². The summed E-state index contributed by atoms with van der Waals surface area (Å²) in [6.45, 7) is 8.54.